The van der Waals surface area contributed by atoms with Gasteiger partial charge in [0.15, 0.2) is 5.76 Å². The van der Waals surface area contributed by atoms with E-state index in [-0.39, 0.29) is 17.6 Å². The molecule has 3 aromatic rings. The standard InChI is InChI=1S/C22H18ClN3O2/c1-2-16-20(14-9-11-15(23)12-10-14)21(26-22(27)19-8-5-13-28-19)25-18-7-4-3-6-17(18)24-16/h3-13,20H,2H2,1H3,(H,25,26,27)/t20-/m0/s1. The maximum absolute atomic E-state index is 12.7. The van der Waals surface area contributed by atoms with Crippen molar-refractivity contribution in [3.05, 3.63) is 83.3 Å². The average molecular weight is 392 g/mol. The molecule has 4 rings (SSSR count). The molecular weight excluding hydrogens is 374 g/mol. The van der Waals surface area contributed by atoms with Gasteiger partial charge in [-0.05, 0) is 48.4 Å². The van der Waals surface area contributed by atoms with Crippen LogP contribution in [0.1, 0.15) is 35.4 Å². The molecule has 140 valence electrons. The molecule has 0 radical (unpaired) electrons. The third-order valence-electron chi connectivity index (χ3n) is 4.55. The third kappa shape index (κ3) is 3.62. The molecular formula is C22H18ClN3O2. The average Bonchev–Trinajstić information content (AvgIpc) is 3.20. The summed E-state index contributed by atoms with van der Waals surface area (Å²) in [7, 11) is 0. The Morgan fingerprint density at radius 1 is 1.04 bits per heavy atom. The van der Waals surface area contributed by atoms with Crippen LogP contribution in [0.25, 0.3) is 0 Å². The predicted molar refractivity (Wildman–Crippen MR) is 111 cm³/mol. The number of aliphatic imine (C=N–C) groups is 2. The second-order valence-corrected chi connectivity index (χ2v) is 6.79. The van der Waals surface area contributed by atoms with Gasteiger partial charge in [0.1, 0.15) is 5.84 Å². The Labute approximate surface area is 167 Å². The molecule has 1 aromatic heterocycles. The molecule has 2 aromatic carbocycles. The second-order valence-electron chi connectivity index (χ2n) is 6.36. The number of benzene rings is 2. The van der Waals surface area contributed by atoms with Crippen LogP contribution in [0.5, 0.6) is 0 Å². The van der Waals surface area contributed by atoms with Crippen LogP contribution in [0, 0.1) is 0 Å². The number of carbonyl (C=O) groups excluding carboxylic acids is 1. The lowest BCUT2D eigenvalue weighted by Gasteiger charge is -2.20. The van der Waals surface area contributed by atoms with Crippen molar-refractivity contribution in [2.45, 2.75) is 19.3 Å². The molecule has 5 nitrogen and oxygen atoms in total. The highest BCUT2D eigenvalue weighted by atomic mass is 35.5. The lowest BCUT2D eigenvalue weighted by molar-refractivity contribution is 0.0949. The van der Waals surface area contributed by atoms with E-state index < -0.39 is 0 Å². The topological polar surface area (TPSA) is 67.0 Å². The fraction of sp³-hybridized carbons (Fsp3) is 0.136. The van der Waals surface area contributed by atoms with Gasteiger partial charge in [0.25, 0.3) is 5.91 Å². The molecule has 1 N–H and O–H groups in total. The summed E-state index contributed by atoms with van der Waals surface area (Å²) < 4.78 is 5.23. The first-order chi connectivity index (χ1) is 13.7. The molecule has 1 aliphatic rings. The van der Waals surface area contributed by atoms with Crippen molar-refractivity contribution in [3.63, 3.8) is 0 Å². The van der Waals surface area contributed by atoms with Gasteiger partial charge in [0.2, 0.25) is 0 Å². The van der Waals surface area contributed by atoms with E-state index in [0.717, 1.165) is 17.0 Å². The smallest absolute Gasteiger partial charge is 0.292 e. The van der Waals surface area contributed by atoms with E-state index >= 15 is 0 Å². The molecule has 0 bridgehead atoms. The molecule has 1 amide bonds. The Kier molecular flexibility index (Phi) is 5.08. The highest BCUT2D eigenvalue weighted by Crippen LogP contribution is 2.35. The molecule has 1 aliphatic heterocycles. The molecule has 0 spiro atoms. The van der Waals surface area contributed by atoms with Gasteiger partial charge in [-0.1, -0.05) is 42.8 Å². The first-order valence-corrected chi connectivity index (χ1v) is 9.39. The maximum atomic E-state index is 12.7. The third-order valence-corrected chi connectivity index (χ3v) is 4.80. The van der Waals surface area contributed by atoms with Gasteiger partial charge in [-0.2, -0.15) is 0 Å². The van der Waals surface area contributed by atoms with Crippen molar-refractivity contribution in [2.75, 3.05) is 0 Å². The van der Waals surface area contributed by atoms with Crippen molar-refractivity contribution in [2.24, 2.45) is 9.98 Å². The summed E-state index contributed by atoms with van der Waals surface area (Å²) in [6.45, 7) is 2.04. The Morgan fingerprint density at radius 2 is 1.75 bits per heavy atom. The fourth-order valence-corrected chi connectivity index (χ4v) is 3.33. The molecule has 0 fully saturated rings. The lowest BCUT2D eigenvalue weighted by Crippen LogP contribution is -2.37. The minimum atomic E-state index is -0.349. The first-order valence-electron chi connectivity index (χ1n) is 9.01. The van der Waals surface area contributed by atoms with Crippen molar-refractivity contribution in [1.29, 1.82) is 0 Å². The molecule has 6 heteroatoms. The van der Waals surface area contributed by atoms with Gasteiger partial charge in [0, 0.05) is 10.7 Å². The van der Waals surface area contributed by atoms with E-state index in [2.05, 4.69) is 5.32 Å². The molecule has 0 saturated carbocycles. The van der Waals surface area contributed by atoms with Crippen LogP contribution in [0.3, 0.4) is 0 Å². The van der Waals surface area contributed by atoms with Crippen molar-refractivity contribution in [1.82, 2.24) is 5.32 Å². The summed E-state index contributed by atoms with van der Waals surface area (Å²) in [5.41, 5.74) is 3.35. The lowest BCUT2D eigenvalue weighted by atomic mass is 9.91. The molecule has 2 heterocycles. The van der Waals surface area contributed by atoms with E-state index in [1.54, 1.807) is 12.1 Å². The zero-order chi connectivity index (χ0) is 19.5. The molecule has 1 atom stereocenters. The van der Waals surface area contributed by atoms with E-state index in [1.165, 1.54) is 6.26 Å². The monoisotopic (exact) mass is 391 g/mol. The van der Waals surface area contributed by atoms with E-state index in [9.17, 15) is 4.79 Å². The van der Waals surface area contributed by atoms with Gasteiger partial charge in [-0.25, -0.2) is 4.99 Å². The number of amides is 1. The summed E-state index contributed by atoms with van der Waals surface area (Å²) >= 11 is 6.07. The van der Waals surface area contributed by atoms with Gasteiger partial charge in [-0.3, -0.25) is 9.79 Å². The summed E-state index contributed by atoms with van der Waals surface area (Å²) in [6, 6.07) is 18.4. The Balaban J connectivity index is 1.83. The number of amidine groups is 1. The van der Waals surface area contributed by atoms with Crippen LogP contribution in [-0.2, 0) is 0 Å². The molecule has 0 unspecified atom stereocenters. The van der Waals surface area contributed by atoms with Crippen LogP contribution in [0.15, 0.2) is 81.3 Å². The highest BCUT2D eigenvalue weighted by molar-refractivity contribution is 6.30. The van der Waals surface area contributed by atoms with Crippen molar-refractivity contribution in [3.8, 4) is 0 Å². The van der Waals surface area contributed by atoms with E-state index in [4.69, 9.17) is 26.0 Å². The summed E-state index contributed by atoms with van der Waals surface area (Å²) in [5, 5.41) is 3.58. The Bertz CT molecular complexity index is 1050. The van der Waals surface area contributed by atoms with Crippen LogP contribution in [-0.4, -0.2) is 17.5 Å². The summed E-state index contributed by atoms with van der Waals surface area (Å²) in [6.07, 6.45) is 2.17. The number of hydrogen-bond acceptors (Lipinski definition) is 4. The number of carbonyl (C=O) groups is 1. The van der Waals surface area contributed by atoms with Crippen LogP contribution < -0.4 is 5.32 Å². The van der Waals surface area contributed by atoms with Gasteiger partial charge < -0.3 is 9.73 Å². The quantitative estimate of drug-likeness (QED) is 0.624. The summed E-state index contributed by atoms with van der Waals surface area (Å²) in [4.78, 5) is 22.3. The van der Waals surface area contributed by atoms with Crippen molar-refractivity contribution < 1.29 is 9.21 Å². The number of nitrogens with zero attached hydrogens (tertiary/aromatic N) is 2. The SMILES string of the molecule is CCC1=Nc2ccccc2N=C(NC(=O)c2ccco2)[C@H]1c1ccc(Cl)cc1. The minimum absolute atomic E-state index is 0.227. The Hall–Kier alpha value is -3.18. The van der Waals surface area contributed by atoms with Crippen LogP contribution >= 0.6 is 11.6 Å². The highest BCUT2D eigenvalue weighted by Gasteiger charge is 2.28. The number of furan rings is 1. The zero-order valence-corrected chi connectivity index (χ0v) is 16.0. The number of fused-ring (bicyclic) bond motifs is 1. The first kappa shape index (κ1) is 18.2. The Morgan fingerprint density at radius 3 is 2.39 bits per heavy atom. The predicted octanol–water partition coefficient (Wildman–Crippen LogP) is 5.67. The molecule has 0 aliphatic carbocycles. The second kappa shape index (κ2) is 7.82. The number of halogens is 1. The number of nitrogens with one attached hydrogen (secondary N) is 1. The van der Waals surface area contributed by atoms with Crippen molar-refractivity contribution >= 4 is 40.4 Å². The maximum Gasteiger partial charge on any atom is 0.292 e. The summed E-state index contributed by atoms with van der Waals surface area (Å²) in [5.74, 6) is 0.0884. The number of hydrogen-bond donors (Lipinski definition) is 1. The van der Waals surface area contributed by atoms with E-state index in [0.29, 0.717) is 23.0 Å². The molecule has 28 heavy (non-hydrogen) atoms. The zero-order valence-electron chi connectivity index (χ0n) is 15.2. The van der Waals surface area contributed by atoms with E-state index in [1.807, 2.05) is 55.5 Å². The minimum Gasteiger partial charge on any atom is -0.459 e. The fourth-order valence-electron chi connectivity index (χ4n) is 3.20. The molecule has 0 saturated heterocycles. The normalized spacial score (nSPS) is 15.9. The van der Waals surface area contributed by atoms with Crippen LogP contribution in [0.2, 0.25) is 5.02 Å². The van der Waals surface area contributed by atoms with Crippen LogP contribution in [0.4, 0.5) is 11.4 Å². The van der Waals surface area contributed by atoms with Gasteiger partial charge >= 0.3 is 0 Å². The number of para-hydroxylation sites is 2. The number of rotatable bonds is 3. The largest absolute Gasteiger partial charge is 0.459 e. The van der Waals surface area contributed by atoms with Gasteiger partial charge in [-0.15, -0.1) is 0 Å². The van der Waals surface area contributed by atoms with Gasteiger partial charge in [0.05, 0.1) is 23.6 Å².